The standard InChI is InChI=1S/C19H15ClN4O3S/c1-23-10-12(9-21-23)24-15-8-11(20)6-7-13(15)17(18(24)27-2)28-16-5-3-4-14(22-16)19(25)26/h3-10H,1-2H3,(H,25,26). The van der Waals surface area contributed by atoms with Crippen LogP contribution >= 0.6 is 23.4 Å². The first-order chi connectivity index (χ1) is 13.5. The summed E-state index contributed by atoms with van der Waals surface area (Å²) < 4.78 is 9.37. The monoisotopic (exact) mass is 414 g/mol. The average Bonchev–Trinajstić information content (AvgIpc) is 3.22. The van der Waals surface area contributed by atoms with Gasteiger partial charge in [-0.25, -0.2) is 9.78 Å². The number of carboxylic acids is 1. The van der Waals surface area contributed by atoms with Crippen LogP contribution in [0.5, 0.6) is 5.88 Å². The summed E-state index contributed by atoms with van der Waals surface area (Å²) in [4.78, 5) is 16.3. The predicted octanol–water partition coefficient (Wildman–Crippen LogP) is 4.27. The van der Waals surface area contributed by atoms with Gasteiger partial charge in [-0.1, -0.05) is 35.5 Å². The molecule has 0 radical (unpaired) electrons. The molecule has 7 nitrogen and oxygen atoms in total. The second-order valence-electron chi connectivity index (χ2n) is 5.98. The summed E-state index contributed by atoms with van der Waals surface area (Å²) in [6.45, 7) is 0. The van der Waals surface area contributed by atoms with E-state index in [0.29, 0.717) is 15.9 Å². The van der Waals surface area contributed by atoms with Gasteiger partial charge in [0.25, 0.3) is 0 Å². The number of halogens is 1. The Hall–Kier alpha value is -2.97. The van der Waals surface area contributed by atoms with E-state index in [1.54, 1.807) is 30.1 Å². The Labute approximate surface area is 169 Å². The summed E-state index contributed by atoms with van der Waals surface area (Å²) in [6, 6.07) is 10.5. The molecule has 1 N–H and O–H groups in total. The first-order valence-electron chi connectivity index (χ1n) is 8.23. The van der Waals surface area contributed by atoms with Gasteiger partial charge in [-0.15, -0.1) is 0 Å². The second-order valence-corrected chi connectivity index (χ2v) is 7.44. The van der Waals surface area contributed by atoms with Gasteiger partial charge < -0.3 is 9.84 Å². The lowest BCUT2D eigenvalue weighted by Gasteiger charge is -2.08. The number of hydrogen-bond donors (Lipinski definition) is 1. The number of nitrogens with zero attached hydrogens (tertiary/aromatic N) is 4. The van der Waals surface area contributed by atoms with Crippen LogP contribution in [0.2, 0.25) is 5.02 Å². The van der Waals surface area contributed by atoms with Gasteiger partial charge in [-0.3, -0.25) is 9.25 Å². The molecule has 0 aliphatic heterocycles. The molecule has 0 saturated heterocycles. The Bertz CT molecular complexity index is 1200. The van der Waals surface area contributed by atoms with Gasteiger partial charge in [0.05, 0.1) is 29.4 Å². The van der Waals surface area contributed by atoms with E-state index >= 15 is 0 Å². The molecule has 3 heterocycles. The van der Waals surface area contributed by atoms with Crippen molar-refractivity contribution >= 4 is 40.2 Å². The van der Waals surface area contributed by atoms with E-state index in [2.05, 4.69) is 10.1 Å². The molecule has 0 aliphatic rings. The number of rotatable bonds is 5. The molecule has 0 bridgehead atoms. The molecular formula is C19H15ClN4O3S. The van der Waals surface area contributed by atoms with Crippen molar-refractivity contribution in [3.8, 4) is 11.6 Å². The summed E-state index contributed by atoms with van der Waals surface area (Å²) in [5.41, 5.74) is 1.67. The number of benzene rings is 1. The van der Waals surface area contributed by atoms with E-state index in [1.807, 2.05) is 36.0 Å². The van der Waals surface area contributed by atoms with Crippen molar-refractivity contribution in [2.24, 2.45) is 7.05 Å². The van der Waals surface area contributed by atoms with E-state index in [0.717, 1.165) is 21.5 Å². The summed E-state index contributed by atoms with van der Waals surface area (Å²) in [6.07, 6.45) is 3.61. The topological polar surface area (TPSA) is 82.2 Å². The molecule has 142 valence electrons. The summed E-state index contributed by atoms with van der Waals surface area (Å²) in [7, 11) is 3.43. The number of carboxylic acid groups (broad SMARTS) is 1. The maximum absolute atomic E-state index is 11.2. The Morgan fingerprint density at radius 3 is 2.79 bits per heavy atom. The van der Waals surface area contributed by atoms with Gasteiger partial charge >= 0.3 is 5.97 Å². The minimum Gasteiger partial charge on any atom is -0.481 e. The van der Waals surface area contributed by atoms with Crippen LogP contribution in [0.3, 0.4) is 0 Å². The lowest BCUT2D eigenvalue weighted by atomic mass is 10.2. The number of ether oxygens (including phenoxy) is 1. The SMILES string of the molecule is COc1c(Sc2cccc(C(=O)O)n2)c2ccc(Cl)cc2n1-c1cnn(C)c1. The third-order valence-corrected chi connectivity index (χ3v) is 5.40. The van der Waals surface area contributed by atoms with Crippen molar-refractivity contribution in [3.63, 3.8) is 0 Å². The van der Waals surface area contributed by atoms with E-state index in [-0.39, 0.29) is 5.69 Å². The zero-order valence-corrected chi connectivity index (χ0v) is 16.5. The Balaban J connectivity index is 1.93. The molecule has 4 aromatic rings. The van der Waals surface area contributed by atoms with Crippen LogP contribution in [-0.4, -0.2) is 37.5 Å². The molecule has 0 atom stereocenters. The molecule has 0 spiro atoms. The number of hydrogen-bond acceptors (Lipinski definition) is 5. The van der Waals surface area contributed by atoms with Crippen LogP contribution in [0.4, 0.5) is 0 Å². The molecule has 28 heavy (non-hydrogen) atoms. The maximum Gasteiger partial charge on any atom is 0.354 e. The number of fused-ring (bicyclic) bond motifs is 1. The molecule has 3 aromatic heterocycles. The number of methoxy groups -OCH3 is 1. The molecular weight excluding hydrogens is 400 g/mol. The Morgan fingerprint density at radius 1 is 1.29 bits per heavy atom. The van der Waals surface area contributed by atoms with E-state index in [4.69, 9.17) is 16.3 Å². The van der Waals surface area contributed by atoms with Crippen molar-refractivity contribution in [1.29, 1.82) is 0 Å². The van der Waals surface area contributed by atoms with E-state index in [1.165, 1.54) is 17.8 Å². The molecule has 9 heteroatoms. The molecule has 0 unspecified atom stereocenters. The minimum absolute atomic E-state index is 0.0111. The van der Waals surface area contributed by atoms with Crippen LogP contribution < -0.4 is 4.74 Å². The van der Waals surface area contributed by atoms with Crippen LogP contribution in [0.25, 0.3) is 16.6 Å². The van der Waals surface area contributed by atoms with Gasteiger partial charge in [0.15, 0.2) is 0 Å². The van der Waals surface area contributed by atoms with Crippen molar-refractivity contribution in [1.82, 2.24) is 19.3 Å². The largest absolute Gasteiger partial charge is 0.481 e. The van der Waals surface area contributed by atoms with Crippen LogP contribution in [0.15, 0.2) is 58.7 Å². The number of aromatic nitrogens is 4. The molecule has 0 amide bonds. The second kappa shape index (κ2) is 7.21. The summed E-state index contributed by atoms with van der Waals surface area (Å²) in [5, 5.41) is 15.5. The van der Waals surface area contributed by atoms with Crippen LogP contribution in [-0.2, 0) is 7.05 Å². The number of aromatic carboxylic acids is 1. The number of carbonyl (C=O) groups is 1. The van der Waals surface area contributed by atoms with Gasteiger partial charge in [0.2, 0.25) is 5.88 Å². The van der Waals surface area contributed by atoms with Gasteiger partial charge in [-0.2, -0.15) is 5.10 Å². The predicted molar refractivity (Wildman–Crippen MR) is 107 cm³/mol. The highest BCUT2D eigenvalue weighted by Gasteiger charge is 2.22. The summed E-state index contributed by atoms with van der Waals surface area (Å²) in [5.74, 6) is -0.475. The Kier molecular flexibility index (Phi) is 4.74. The lowest BCUT2D eigenvalue weighted by Crippen LogP contribution is -2.00. The van der Waals surface area contributed by atoms with Crippen LogP contribution in [0, 0.1) is 0 Å². The molecule has 0 aliphatic carbocycles. The quantitative estimate of drug-likeness (QED) is 0.525. The third kappa shape index (κ3) is 3.21. The van der Waals surface area contributed by atoms with Crippen LogP contribution in [0.1, 0.15) is 10.5 Å². The highest BCUT2D eigenvalue weighted by Crippen LogP contribution is 2.44. The van der Waals surface area contributed by atoms with E-state index < -0.39 is 5.97 Å². The van der Waals surface area contributed by atoms with Crippen molar-refractivity contribution < 1.29 is 14.6 Å². The minimum atomic E-state index is -1.07. The van der Waals surface area contributed by atoms with Crippen molar-refractivity contribution in [3.05, 3.63) is 59.5 Å². The normalized spacial score (nSPS) is 11.1. The third-order valence-electron chi connectivity index (χ3n) is 4.13. The zero-order valence-electron chi connectivity index (χ0n) is 15.0. The summed E-state index contributed by atoms with van der Waals surface area (Å²) >= 11 is 7.58. The fourth-order valence-corrected chi connectivity index (χ4v) is 4.18. The highest BCUT2D eigenvalue weighted by atomic mass is 35.5. The van der Waals surface area contributed by atoms with Gasteiger partial charge in [0, 0.05) is 23.7 Å². The first kappa shape index (κ1) is 18.4. The van der Waals surface area contributed by atoms with Crippen molar-refractivity contribution in [2.45, 2.75) is 9.92 Å². The lowest BCUT2D eigenvalue weighted by molar-refractivity contribution is 0.0689. The highest BCUT2D eigenvalue weighted by molar-refractivity contribution is 7.99. The molecule has 0 fully saturated rings. The number of pyridine rings is 1. The van der Waals surface area contributed by atoms with Crippen molar-refractivity contribution in [2.75, 3.05) is 7.11 Å². The molecule has 1 aromatic carbocycles. The Morgan fingerprint density at radius 2 is 2.11 bits per heavy atom. The molecule has 0 saturated carbocycles. The van der Waals surface area contributed by atoms with Gasteiger partial charge in [0.1, 0.15) is 10.7 Å². The fraction of sp³-hybridized carbons (Fsp3) is 0.105. The number of aryl methyl sites for hydroxylation is 1. The molecule has 4 rings (SSSR count). The smallest absolute Gasteiger partial charge is 0.354 e. The first-order valence-corrected chi connectivity index (χ1v) is 9.42. The fourth-order valence-electron chi connectivity index (χ4n) is 2.97. The average molecular weight is 415 g/mol. The zero-order chi connectivity index (χ0) is 19.8. The van der Waals surface area contributed by atoms with Gasteiger partial charge in [-0.05, 0) is 24.3 Å². The maximum atomic E-state index is 11.2. The van der Waals surface area contributed by atoms with E-state index in [9.17, 15) is 9.90 Å².